The molecule has 2 aromatic carbocycles. The highest BCUT2D eigenvalue weighted by Crippen LogP contribution is 2.44. The van der Waals surface area contributed by atoms with Gasteiger partial charge in [-0.25, -0.2) is 18.8 Å². The van der Waals surface area contributed by atoms with Gasteiger partial charge in [0.2, 0.25) is 0 Å². The lowest BCUT2D eigenvalue weighted by Crippen LogP contribution is -2.47. The highest BCUT2D eigenvalue weighted by atomic mass is 19.1. The van der Waals surface area contributed by atoms with Crippen LogP contribution < -0.4 is 10.0 Å². The molecular weight excluding hydrogens is 402 g/mol. The molecule has 6 nitrogen and oxygen atoms in total. The second-order valence-electron chi connectivity index (χ2n) is 8.42. The van der Waals surface area contributed by atoms with E-state index in [0.29, 0.717) is 22.8 Å². The molecule has 0 aromatic heterocycles. The number of rotatable bonds is 4. The minimum Gasteiger partial charge on any atom is -0.272 e. The van der Waals surface area contributed by atoms with Crippen LogP contribution >= 0.6 is 0 Å². The number of carbonyl (C=O) groups is 2. The third-order valence-electron chi connectivity index (χ3n) is 5.89. The lowest BCUT2D eigenvalue weighted by atomic mass is 9.66. The molecule has 0 unspecified atom stereocenters. The highest BCUT2D eigenvalue weighted by molar-refractivity contribution is 6.19. The van der Waals surface area contributed by atoms with Crippen molar-refractivity contribution in [1.29, 1.82) is 0 Å². The largest absolute Gasteiger partial charge is 0.272 e. The van der Waals surface area contributed by atoms with Crippen LogP contribution in [0.5, 0.6) is 0 Å². The summed E-state index contributed by atoms with van der Waals surface area (Å²) in [6, 6.07) is 11.0. The van der Waals surface area contributed by atoms with E-state index in [1.807, 2.05) is 13.8 Å². The smallest absolute Gasteiger partial charge is 0.256 e. The Kier molecular flexibility index (Phi) is 4.95. The van der Waals surface area contributed by atoms with E-state index in [-0.39, 0.29) is 11.8 Å². The van der Waals surface area contributed by atoms with Crippen LogP contribution in [-0.2, 0) is 9.59 Å². The summed E-state index contributed by atoms with van der Waals surface area (Å²) in [5.74, 6) is -2.70. The van der Waals surface area contributed by atoms with Gasteiger partial charge in [-0.2, -0.15) is 10.2 Å². The minimum atomic E-state index is -0.834. The molecule has 0 aliphatic carbocycles. The number of carbonyl (C=O) groups excluding carboxylic acids is 2. The van der Waals surface area contributed by atoms with Crippen LogP contribution in [0.25, 0.3) is 0 Å². The van der Waals surface area contributed by atoms with Crippen LogP contribution in [0.2, 0.25) is 0 Å². The van der Waals surface area contributed by atoms with Gasteiger partial charge < -0.3 is 0 Å². The van der Waals surface area contributed by atoms with E-state index in [4.69, 9.17) is 0 Å². The van der Waals surface area contributed by atoms with Gasteiger partial charge >= 0.3 is 0 Å². The molecule has 160 valence electrons. The SMILES string of the molecule is CC1=NN(c2ccc(F)cc2)C(=O)[C@@H]1C(C)(C)[C@H]1C(=O)N(c2ccc(F)cc2)N=C1C. The lowest BCUT2D eigenvalue weighted by molar-refractivity contribution is -0.126. The maximum absolute atomic E-state index is 13.3. The van der Waals surface area contributed by atoms with Gasteiger partial charge in [0.05, 0.1) is 23.2 Å². The van der Waals surface area contributed by atoms with Crippen molar-refractivity contribution in [3.05, 3.63) is 60.2 Å². The van der Waals surface area contributed by atoms with Gasteiger partial charge in [-0.05, 0) is 67.8 Å². The Hall–Kier alpha value is -3.42. The van der Waals surface area contributed by atoms with Gasteiger partial charge in [-0.15, -0.1) is 0 Å². The Balaban J connectivity index is 1.63. The average molecular weight is 424 g/mol. The number of hydrogen-bond acceptors (Lipinski definition) is 4. The van der Waals surface area contributed by atoms with Gasteiger partial charge in [0.1, 0.15) is 11.6 Å². The third kappa shape index (κ3) is 3.41. The molecule has 2 aliphatic rings. The Morgan fingerprint density at radius 2 is 1.03 bits per heavy atom. The number of anilines is 2. The van der Waals surface area contributed by atoms with Crippen LogP contribution in [0, 0.1) is 28.9 Å². The Labute approximate surface area is 178 Å². The fourth-order valence-electron chi connectivity index (χ4n) is 4.55. The number of amides is 2. The molecule has 8 heteroatoms. The van der Waals surface area contributed by atoms with Crippen LogP contribution in [0.4, 0.5) is 20.2 Å². The second-order valence-corrected chi connectivity index (χ2v) is 8.42. The minimum absolute atomic E-state index is 0.282. The second kappa shape index (κ2) is 7.37. The van der Waals surface area contributed by atoms with E-state index in [1.54, 1.807) is 13.8 Å². The first kappa shape index (κ1) is 20.8. The molecule has 2 heterocycles. The summed E-state index contributed by atoms with van der Waals surface area (Å²) in [5, 5.41) is 11.3. The summed E-state index contributed by atoms with van der Waals surface area (Å²) in [7, 11) is 0. The molecule has 0 radical (unpaired) electrons. The van der Waals surface area contributed by atoms with Gasteiger partial charge in [0.15, 0.2) is 0 Å². The van der Waals surface area contributed by atoms with E-state index in [9.17, 15) is 18.4 Å². The van der Waals surface area contributed by atoms with Crippen LogP contribution in [0.1, 0.15) is 27.7 Å². The summed E-state index contributed by atoms with van der Waals surface area (Å²) in [6.07, 6.45) is 0. The van der Waals surface area contributed by atoms with E-state index in [1.165, 1.54) is 58.5 Å². The number of halogens is 2. The van der Waals surface area contributed by atoms with Gasteiger partial charge in [-0.1, -0.05) is 13.8 Å². The Morgan fingerprint density at radius 1 is 0.710 bits per heavy atom. The molecule has 2 aromatic rings. The predicted octanol–water partition coefficient (Wildman–Crippen LogP) is 4.37. The van der Waals surface area contributed by atoms with Crippen molar-refractivity contribution in [2.24, 2.45) is 27.5 Å². The summed E-state index contributed by atoms with van der Waals surface area (Å²) < 4.78 is 26.6. The number of nitrogens with zero attached hydrogens (tertiary/aromatic N) is 4. The molecule has 2 atom stereocenters. The normalized spacial score (nSPS) is 21.6. The molecule has 0 saturated heterocycles. The topological polar surface area (TPSA) is 65.3 Å². The first-order valence-electron chi connectivity index (χ1n) is 9.90. The monoisotopic (exact) mass is 424 g/mol. The van der Waals surface area contributed by atoms with E-state index < -0.39 is 28.9 Å². The molecule has 2 amide bonds. The molecular formula is C23H22F2N4O2. The van der Waals surface area contributed by atoms with Crippen molar-refractivity contribution >= 4 is 34.6 Å². The highest BCUT2D eigenvalue weighted by Gasteiger charge is 2.54. The van der Waals surface area contributed by atoms with Crippen LogP contribution in [0.15, 0.2) is 58.7 Å². The molecule has 0 N–H and O–H groups in total. The zero-order chi connectivity index (χ0) is 22.5. The van der Waals surface area contributed by atoms with Crippen molar-refractivity contribution in [2.45, 2.75) is 27.7 Å². The van der Waals surface area contributed by atoms with Gasteiger partial charge in [0, 0.05) is 11.4 Å². The Bertz CT molecular complexity index is 1020. The number of hydrogen-bond donors (Lipinski definition) is 0. The van der Waals surface area contributed by atoms with Crippen LogP contribution in [-0.4, -0.2) is 23.2 Å². The van der Waals surface area contributed by atoms with E-state index >= 15 is 0 Å². The van der Waals surface area contributed by atoms with Crippen molar-refractivity contribution in [2.75, 3.05) is 10.0 Å². The van der Waals surface area contributed by atoms with Gasteiger partial charge in [0.25, 0.3) is 11.8 Å². The molecule has 0 bridgehead atoms. The molecule has 0 fully saturated rings. The fourth-order valence-corrected chi connectivity index (χ4v) is 4.55. The summed E-state index contributed by atoms with van der Waals surface area (Å²) >= 11 is 0. The first-order valence-corrected chi connectivity index (χ1v) is 9.90. The Morgan fingerprint density at radius 3 is 1.35 bits per heavy atom. The lowest BCUT2D eigenvalue weighted by Gasteiger charge is -2.35. The van der Waals surface area contributed by atoms with Crippen LogP contribution in [0.3, 0.4) is 0 Å². The third-order valence-corrected chi connectivity index (χ3v) is 5.89. The maximum atomic E-state index is 13.3. The van der Waals surface area contributed by atoms with Crippen molar-refractivity contribution in [3.8, 4) is 0 Å². The van der Waals surface area contributed by atoms with Crippen molar-refractivity contribution < 1.29 is 18.4 Å². The zero-order valence-electron chi connectivity index (χ0n) is 17.6. The first-order chi connectivity index (χ1) is 14.6. The van der Waals surface area contributed by atoms with Crippen molar-refractivity contribution in [1.82, 2.24) is 0 Å². The molecule has 0 spiro atoms. The van der Waals surface area contributed by atoms with E-state index in [2.05, 4.69) is 10.2 Å². The standard InChI is InChI=1S/C23H22F2N4O2/c1-13-19(21(30)28(26-13)17-9-5-15(24)6-10-17)23(3,4)20-14(2)27-29(22(20)31)18-11-7-16(25)8-12-18/h5-12,19-20H,1-4H3/t19-,20-/m1/s1. The quantitative estimate of drug-likeness (QED) is 0.732. The molecule has 31 heavy (non-hydrogen) atoms. The summed E-state index contributed by atoms with van der Waals surface area (Å²) in [4.78, 5) is 26.6. The molecule has 4 rings (SSSR count). The predicted molar refractivity (Wildman–Crippen MR) is 115 cm³/mol. The summed E-state index contributed by atoms with van der Waals surface area (Å²) in [6.45, 7) is 7.19. The molecule has 0 saturated carbocycles. The zero-order valence-corrected chi connectivity index (χ0v) is 17.6. The summed E-state index contributed by atoms with van der Waals surface area (Å²) in [5.41, 5.74) is 1.22. The average Bonchev–Trinajstić information content (AvgIpc) is 3.18. The maximum Gasteiger partial charge on any atom is 0.256 e. The van der Waals surface area contributed by atoms with Gasteiger partial charge in [-0.3, -0.25) is 9.59 Å². The fraction of sp³-hybridized carbons (Fsp3) is 0.304. The number of benzene rings is 2. The van der Waals surface area contributed by atoms with Crippen molar-refractivity contribution in [3.63, 3.8) is 0 Å². The molecule has 2 aliphatic heterocycles. The number of hydrazone groups is 2. The van der Waals surface area contributed by atoms with E-state index in [0.717, 1.165) is 0 Å².